The molecule has 2 heterocycles. The molecule has 0 aromatic carbocycles. The van der Waals surface area contributed by atoms with Crippen LogP contribution in [0.4, 0.5) is 5.82 Å². The van der Waals surface area contributed by atoms with Gasteiger partial charge in [0, 0.05) is 30.7 Å². The minimum atomic E-state index is 0.0888. The van der Waals surface area contributed by atoms with E-state index in [-0.39, 0.29) is 5.41 Å². The van der Waals surface area contributed by atoms with Crippen LogP contribution < -0.4 is 10.2 Å². The molecule has 0 saturated carbocycles. The number of piperidine rings is 1. The van der Waals surface area contributed by atoms with E-state index in [0.717, 1.165) is 37.3 Å². The zero-order valence-electron chi connectivity index (χ0n) is 14.5. The van der Waals surface area contributed by atoms with E-state index in [0.29, 0.717) is 0 Å². The summed E-state index contributed by atoms with van der Waals surface area (Å²) in [5.41, 5.74) is 2.61. The second kappa shape index (κ2) is 6.35. The van der Waals surface area contributed by atoms with Crippen molar-refractivity contribution in [2.75, 3.05) is 25.0 Å². The fraction of sp³-hybridized carbons (Fsp3) is 0.722. The third-order valence-electron chi connectivity index (χ3n) is 4.21. The molecule has 3 heteroatoms. The maximum atomic E-state index is 4.98. The first-order valence-corrected chi connectivity index (χ1v) is 8.20. The molecule has 1 aliphatic rings. The molecule has 2 unspecified atom stereocenters. The highest BCUT2D eigenvalue weighted by molar-refractivity contribution is 5.44. The summed E-state index contributed by atoms with van der Waals surface area (Å²) in [7, 11) is 2.00. The van der Waals surface area contributed by atoms with E-state index in [4.69, 9.17) is 4.98 Å². The van der Waals surface area contributed by atoms with Crippen LogP contribution in [0.5, 0.6) is 0 Å². The lowest BCUT2D eigenvalue weighted by molar-refractivity contribution is 0.355. The van der Waals surface area contributed by atoms with Gasteiger partial charge < -0.3 is 10.2 Å². The van der Waals surface area contributed by atoms with E-state index in [9.17, 15) is 0 Å². The number of hydrogen-bond acceptors (Lipinski definition) is 3. The average Bonchev–Trinajstić information content (AvgIpc) is 2.36. The number of hydrogen-bond donors (Lipinski definition) is 1. The topological polar surface area (TPSA) is 28.2 Å². The number of nitrogens with zero attached hydrogens (tertiary/aromatic N) is 2. The second-order valence-corrected chi connectivity index (χ2v) is 7.85. The predicted molar refractivity (Wildman–Crippen MR) is 90.9 cm³/mol. The summed E-state index contributed by atoms with van der Waals surface area (Å²) >= 11 is 0. The van der Waals surface area contributed by atoms with Gasteiger partial charge in [0.05, 0.1) is 0 Å². The zero-order valence-corrected chi connectivity index (χ0v) is 14.5. The van der Waals surface area contributed by atoms with Crippen LogP contribution in [0, 0.1) is 11.8 Å². The Hall–Kier alpha value is -1.09. The van der Waals surface area contributed by atoms with Gasteiger partial charge in [0.25, 0.3) is 0 Å². The van der Waals surface area contributed by atoms with Crippen molar-refractivity contribution in [2.45, 2.75) is 53.0 Å². The molecule has 2 atom stereocenters. The first-order chi connectivity index (χ1) is 9.79. The van der Waals surface area contributed by atoms with Crippen LogP contribution in [-0.4, -0.2) is 25.1 Å². The van der Waals surface area contributed by atoms with Gasteiger partial charge in [-0.3, -0.25) is 0 Å². The molecule has 1 saturated heterocycles. The van der Waals surface area contributed by atoms with Crippen molar-refractivity contribution >= 4 is 5.82 Å². The lowest BCUT2D eigenvalue weighted by atomic mass is 9.90. The van der Waals surface area contributed by atoms with Crippen molar-refractivity contribution in [3.63, 3.8) is 0 Å². The van der Waals surface area contributed by atoms with Gasteiger partial charge in [-0.15, -0.1) is 0 Å². The van der Waals surface area contributed by atoms with Crippen LogP contribution in [0.2, 0.25) is 0 Å². The summed E-state index contributed by atoms with van der Waals surface area (Å²) in [6.07, 6.45) is 1.33. The fourth-order valence-corrected chi connectivity index (χ4v) is 3.27. The lowest BCUT2D eigenvalue weighted by Crippen LogP contribution is -2.39. The predicted octanol–water partition coefficient (Wildman–Crippen LogP) is 3.58. The van der Waals surface area contributed by atoms with E-state index in [1.165, 1.54) is 17.7 Å². The third-order valence-corrected chi connectivity index (χ3v) is 4.21. The summed E-state index contributed by atoms with van der Waals surface area (Å²) < 4.78 is 0. The van der Waals surface area contributed by atoms with Crippen LogP contribution in [0.3, 0.4) is 0 Å². The van der Waals surface area contributed by atoms with E-state index >= 15 is 0 Å². The minimum absolute atomic E-state index is 0.0888. The molecule has 2 rings (SSSR count). The minimum Gasteiger partial charge on any atom is -0.356 e. The highest BCUT2D eigenvalue weighted by atomic mass is 15.2. The molecule has 0 aliphatic carbocycles. The Morgan fingerprint density at radius 2 is 1.81 bits per heavy atom. The van der Waals surface area contributed by atoms with Crippen LogP contribution in [0.15, 0.2) is 12.1 Å². The highest BCUT2D eigenvalue weighted by Gasteiger charge is 2.24. The smallest absolute Gasteiger partial charge is 0.129 e. The Morgan fingerprint density at radius 1 is 1.19 bits per heavy atom. The van der Waals surface area contributed by atoms with E-state index < -0.39 is 0 Å². The SMILES string of the molecule is CNCc1cc(N2CC(C)CC(C)C2)nc(C(C)(C)C)c1. The molecular formula is C18H31N3. The van der Waals surface area contributed by atoms with Gasteiger partial charge in [0.15, 0.2) is 0 Å². The number of anilines is 1. The third kappa shape index (κ3) is 4.19. The van der Waals surface area contributed by atoms with Gasteiger partial charge in [-0.1, -0.05) is 34.6 Å². The van der Waals surface area contributed by atoms with Crippen molar-refractivity contribution in [1.82, 2.24) is 10.3 Å². The van der Waals surface area contributed by atoms with Crippen molar-refractivity contribution in [3.8, 4) is 0 Å². The van der Waals surface area contributed by atoms with Crippen LogP contribution in [-0.2, 0) is 12.0 Å². The monoisotopic (exact) mass is 289 g/mol. The van der Waals surface area contributed by atoms with Gasteiger partial charge >= 0.3 is 0 Å². The fourth-order valence-electron chi connectivity index (χ4n) is 3.27. The first-order valence-electron chi connectivity index (χ1n) is 8.20. The summed E-state index contributed by atoms with van der Waals surface area (Å²) in [5, 5.41) is 3.26. The molecule has 1 aromatic rings. The number of pyridine rings is 1. The van der Waals surface area contributed by atoms with Gasteiger partial charge in [-0.2, -0.15) is 0 Å². The number of rotatable bonds is 3. The second-order valence-electron chi connectivity index (χ2n) is 7.85. The lowest BCUT2D eigenvalue weighted by Gasteiger charge is -2.36. The van der Waals surface area contributed by atoms with Gasteiger partial charge in [0.2, 0.25) is 0 Å². The molecule has 3 nitrogen and oxygen atoms in total. The molecule has 21 heavy (non-hydrogen) atoms. The van der Waals surface area contributed by atoms with Crippen LogP contribution >= 0.6 is 0 Å². The molecule has 1 aliphatic heterocycles. The summed E-state index contributed by atoms with van der Waals surface area (Å²) in [6, 6.07) is 4.51. The summed E-state index contributed by atoms with van der Waals surface area (Å²) in [6.45, 7) is 14.6. The molecule has 0 spiro atoms. The van der Waals surface area contributed by atoms with Gasteiger partial charge in [-0.25, -0.2) is 4.98 Å². The van der Waals surface area contributed by atoms with Crippen LogP contribution in [0.1, 0.15) is 52.3 Å². The number of aromatic nitrogens is 1. The van der Waals surface area contributed by atoms with Gasteiger partial charge in [0.1, 0.15) is 5.82 Å². The Kier molecular flexibility index (Phi) is 4.92. The maximum absolute atomic E-state index is 4.98. The molecule has 1 N–H and O–H groups in total. The Bertz CT molecular complexity index is 466. The van der Waals surface area contributed by atoms with E-state index in [1.807, 2.05) is 7.05 Å². The normalized spacial score (nSPS) is 23.4. The van der Waals surface area contributed by atoms with E-state index in [2.05, 4.69) is 57.0 Å². The summed E-state index contributed by atoms with van der Waals surface area (Å²) in [4.78, 5) is 7.46. The quantitative estimate of drug-likeness (QED) is 0.922. The van der Waals surface area contributed by atoms with E-state index in [1.54, 1.807) is 0 Å². The molecule has 118 valence electrons. The standard InChI is InChI=1S/C18H31N3/c1-13-7-14(2)12-21(11-13)17-9-15(10-19-6)8-16(20-17)18(3,4)5/h8-9,13-14,19H,7,10-12H2,1-6H3. The Balaban J connectivity index is 2.35. The Morgan fingerprint density at radius 3 is 2.33 bits per heavy atom. The average molecular weight is 289 g/mol. The zero-order chi connectivity index (χ0) is 15.6. The molecule has 1 aromatic heterocycles. The van der Waals surface area contributed by atoms with Crippen molar-refractivity contribution < 1.29 is 0 Å². The number of nitrogens with one attached hydrogen (secondary N) is 1. The Labute approximate surface area is 130 Å². The van der Waals surface area contributed by atoms with Gasteiger partial charge in [-0.05, 0) is 43.0 Å². The maximum Gasteiger partial charge on any atom is 0.129 e. The van der Waals surface area contributed by atoms with Crippen molar-refractivity contribution in [1.29, 1.82) is 0 Å². The van der Waals surface area contributed by atoms with Crippen molar-refractivity contribution in [2.24, 2.45) is 11.8 Å². The summed E-state index contributed by atoms with van der Waals surface area (Å²) in [5.74, 6) is 2.66. The van der Waals surface area contributed by atoms with Crippen LogP contribution in [0.25, 0.3) is 0 Å². The largest absolute Gasteiger partial charge is 0.356 e. The molecular weight excluding hydrogens is 258 g/mol. The molecule has 1 fully saturated rings. The molecule has 0 amide bonds. The molecule has 0 bridgehead atoms. The molecule has 0 radical (unpaired) electrons. The first kappa shape index (κ1) is 16.3. The van der Waals surface area contributed by atoms with Crippen molar-refractivity contribution in [3.05, 3.63) is 23.4 Å². The highest BCUT2D eigenvalue weighted by Crippen LogP contribution is 2.29.